The molecule has 1 saturated heterocycles. The molecule has 4 heteroatoms. The van der Waals surface area contributed by atoms with Crippen molar-refractivity contribution in [2.75, 3.05) is 13.2 Å². The number of rotatable bonds is 1. The van der Waals surface area contributed by atoms with Gasteiger partial charge in [0, 0.05) is 18.0 Å². The average Bonchev–Trinajstić information content (AvgIpc) is 2.71. The highest BCUT2D eigenvalue weighted by Gasteiger charge is 2.52. The lowest BCUT2D eigenvalue weighted by atomic mass is 9.83. The van der Waals surface area contributed by atoms with Crippen LogP contribution in [0.4, 0.5) is 4.79 Å². The van der Waals surface area contributed by atoms with E-state index in [1.54, 1.807) is 0 Å². The minimum atomic E-state index is -0.444. The number of carbonyl (C=O) groups is 1. The van der Waals surface area contributed by atoms with Gasteiger partial charge in [-0.15, -0.1) is 0 Å². The molecule has 2 fully saturated rings. The standard InChI is InChI=1S/C13H23NO3/c1-12(2,3)17-11(16)14-8-7-13(9-15)6-4-5-10(13)14/h10,15H,4-9H2,1-3H3/t10-,13-/m1/s1. The second-order valence-corrected chi connectivity index (χ2v) is 6.35. The van der Waals surface area contributed by atoms with Crippen LogP contribution in [0, 0.1) is 5.41 Å². The first-order valence-electron chi connectivity index (χ1n) is 6.48. The molecule has 1 aliphatic heterocycles. The first kappa shape index (κ1) is 12.7. The fourth-order valence-corrected chi connectivity index (χ4v) is 3.20. The molecular weight excluding hydrogens is 218 g/mol. The van der Waals surface area contributed by atoms with E-state index in [0.29, 0.717) is 0 Å². The van der Waals surface area contributed by atoms with E-state index < -0.39 is 5.60 Å². The summed E-state index contributed by atoms with van der Waals surface area (Å²) in [4.78, 5) is 13.9. The zero-order valence-electron chi connectivity index (χ0n) is 11.0. The molecule has 98 valence electrons. The number of likely N-dealkylation sites (tertiary alicyclic amines) is 1. The fraction of sp³-hybridized carbons (Fsp3) is 0.923. The van der Waals surface area contributed by atoms with Crippen LogP contribution in [0.5, 0.6) is 0 Å². The van der Waals surface area contributed by atoms with E-state index in [1.165, 1.54) is 0 Å². The van der Waals surface area contributed by atoms with E-state index in [-0.39, 0.29) is 24.2 Å². The number of fused-ring (bicyclic) bond motifs is 1. The minimum absolute atomic E-state index is 0.0447. The van der Waals surface area contributed by atoms with Crippen molar-refractivity contribution in [2.45, 2.75) is 58.1 Å². The van der Waals surface area contributed by atoms with Crippen LogP contribution < -0.4 is 0 Å². The predicted molar refractivity (Wildman–Crippen MR) is 64.7 cm³/mol. The molecule has 2 aliphatic rings. The van der Waals surface area contributed by atoms with Gasteiger partial charge in [-0.1, -0.05) is 6.42 Å². The Morgan fingerprint density at radius 1 is 1.47 bits per heavy atom. The zero-order chi connectivity index (χ0) is 12.7. The SMILES string of the molecule is CC(C)(C)OC(=O)N1CC[C@@]2(CO)CCC[C@@H]12. The molecule has 0 spiro atoms. The highest BCUT2D eigenvalue weighted by atomic mass is 16.6. The van der Waals surface area contributed by atoms with Crippen molar-refractivity contribution >= 4 is 6.09 Å². The number of amides is 1. The van der Waals surface area contributed by atoms with Crippen LogP contribution in [0.2, 0.25) is 0 Å². The van der Waals surface area contributed by atoms with Gasteiger partial charge in [-0.2, -0.15) is 0 Å². The highest BCUT2D eigenvalue weighted by molar-refractivity contribution is 5.69. The zero-order valence-corrected chi connectivity index (χ0v) is 11.0. The second-order valence-electron chi connectivity index (χ2n) is 6.35. The van der Waals surface area contributed by atoms with Crippen LogP contribution >= 0.6 is 0 Å². The summed E-state index contributed by atoms with van der Waals surface area (Å²) in [6.07, 6.45) is 3.82. The molecule has 0 aromatic carbocycles. The van der Waals surface area contributed by atoms with Crippen molar-refractivity contribution in [1.82, 2.24) is 4.90 Å². The smallest absolute Gasteiger partial charge is 0.410 e. The maximum atomic E-state index is 12.1. The van der Waals surface area contributed by atoms with Gasteiger partial charge in [0.15, 0.2) is 0 Å². The molecule has 0 unspecified atom stereocenters. The van der Waals surface area contributed by atoms with Gasteiger partial charge in [0.1, 0.15) is 5.60 Å². The number of carbonyl (C=O) groups excluding carboxylic acids is 1. The Morgan fingerprint density at radius 3 is 2.76 bits per heavy atom. The summed E-state index contributed by atoms with van der Waals surface area (Å²) < 4.78 is 5.42. The first-order chi connectivity index (χ1) is 7.88. The molecular formula is C13H23NO3. The van der Waals surface area contributed by atoms with Crippen molar-refractivity contribution in [1.29, 1.82) is 0 Å². The third-order valence-corrected chi connectivity index (χ3v) is 4.03. The maximum Gasteiger partial charge on any atom is 0.410 e. The molecule has 1 N–H and O–H groups in total. The number of hydrogen-bond acceptors (Lipinski definition) is 3. The Kier molecular flexibility index (Phi) is 3.10. The third kappa shape index (κ3) is 2.28. The van der Waals surface area contributed by atoms with Gasteiger partial charge in [-0.3, -0.25) is 0 Å². The number of nitrogens with zero attached hydrogens (tertiary/aromatic N) is 1. The molecule has 1 aliphatic carbocycles. The Labute approximate surface area is 103 Å². The Hall–Kier alpha value is -0.770. The molecule has 0 aromatic rings. The van der Waals surface area contributed by atoms with E-state index in [1.807, 2.05) is 25.7 Å². The van der Waals surface area contributed by atoms with Gasteiger partial charge in [0.25, 0.3) is 0 Å². The Bertz CT molecular complexity index is 310. The van der Waals surface area contributed by atoms with Gasteiger partial charge >= 0.3 is 6.09 Å². The summed E-state index contributed by atoms with van der Waals surface area (Å²) in [7, 11) is 0. The van der Waals surface area contributed by atoms with Crippen molar-refractivity contribution in [3.8, 4) is 0 Å². The lowest BCUT2D eigenvalue weighted by Gasteiger charge is -2.32. The summed E-state index contributed by atoms with van der Waals surface area (Å²) >= 11 is 0. The lowest BCUT2D eigenvalue weighted by molar-refractivity contribution is 0.0152. The molecule has 0 radical (unpaired) electrons. The Balaban J connectivity index is 2.07. The Morgan fingerprint density at radius 2 is 2.18 bits per heavy atom. The molecule has 2 rings (SSSR count). The molecule has 1 saturated carbocycles. The van der Waals surface area contributed by atoms with Crippen LogP contribution in [0.25, 0.3) is 0 Å². The van der Waals surface area contributed by atoms with Gasteiger partial charge < -0.3 is 14.7 Å². The van der Waals surface area contributed by atoms with Gasteiger partial charge in [-0.05, 0) is 40.0 Å². The van der Waals surface area contributed by atoms with E-state index in [2.05, 4.69) is 0 Å². The van der Waals surface area contributed by atoms with Crippen molar-refractivity contribution in [2.24, 2.45) is 5.41 Å². The van der Waals surface area contributed by atoms with E-state index >= 15 is 0 Å². The van der Waals surface area contributed by atoms with Crippen LogP contribution in [-0.2, 0) is 4.74 Å². The van der Waals surface area contributed by atoms with Gasteiger partial charge in [0.2, 0.25) is 0 Å². The van der Waals surface area contributed by atoms with E-state index in [9.17, 15) is 9.90 Å². The summed E-state index contributed by atoms with van der Waals surface area (Å²) in [6, 6.07) is 0.183. The van der Waals surface area contributed by atoms with Crippen LogP contribution in [0.3, 0.4) is 0 Å². The van der Waals surface area contributed by atoms with E-state index in [4.69, 9.17) is 4.74 Å². The molecule has 0 bridgehead atoms. The quantitative estimate of drug-likeness (QED) is 0.765. The summed E-state index contributed by atoms with van der Waals surface area (Å²) in [5, 5.41) is 9.58. The van der Waals surface area contributed by atoms with Gasteiger partial charge in [0.05, 0.1) is 6.61 Å². The van der Waals surface area contributed by atoms with Crippen molar-refractivity contribution in [3.05, 3.63) is 0 Å². The minimum Gasteiger partial charge on any atom is -0.444 e. The van der Waals surface area contributed by atoms with Crippen molar-refractivity contribution in [3.63, 3.8) is 0 Å². The maximum absolute atomic E-state index is 12.1. The second kappa shape index (κ2) is 4.16. The topological polar surface area (TPSA) is 49.8 Å². The highest BCUT2D eigenvalue weighted by Crippen LogP contribution is 2.48. The molecule has 2 atom stereocenters. The van der Waals surface area contributed by atoms with Crippen LogP contribution in [-0.4, -0.2) is 40.9 Å². The number of aliphatic hydroxyl groups is 1. The fourth-order valence-electron chi connectivity index (χ4n) is 3.20. The number of aliphatic hydroxyl groups excluding tert-OH is 1. The molecule has 4 nitrogen and oxygen atoms in total. The number of ether oxygens (including phenoxy) is 1. The van der Waals surface area contributed by atoms with Crippen molar-refractivity contribution < 1.29 is 14.6 Å². The third-order valence-electron chi connectivity index (χ3n) is 4.03. The molecule has 1 heterocycles. The molecule has 0 aromatic heterocycles. The molecule has 17 heavy (non-hydrogen) atoms. The van der Waals surface area contributed by atoms with Crippen LogP contribution in [0.1, 0.15) is 46.5 Å². The normalized spacial score (nSPS) is 32.7. The largest absolute Gasteiger partial charge is 0.444 e. The lowest BCUT2D eigenvalue weighted by Crippen LogP contribution is -2.43. The van der Waals surface area contributed by atoms with E-state index in [0.717, 1.165) is 32.2 Å². The summed E-state index contributed by atoms with van der Waals surface area (Å²) in [5.74, 6) is 0. The summed E-state index contributed by atoms with van der Waals surface area (Å²) in [5.41, 5.74) is -0.489. The first-order valence-corrected chi connectivity index (χ1v) is 6.48. The number of hydrogen-bond donors (Lipinski definition) is 1. The monoisotopic (exact) mass is 241 g/mol. The molecule has 1 amide bonds. The average molecular weight is 241 g/mol. The predicted octanol–water partition coefficient (Wildman–Crippen LogP) is 2.16. The summed E-state index contributed by atoms with van der Waals surface area (Å²) in [6.45, 7) is 6.57. The van der Waals surface area contributed by atoms with Crippen LogP contribution in [0.15, 0.2) is 0 Å². The van der Waals surface area contributed by atoms with Gasteiger partial charge in [-0.25, -0.2) is 4.79 Å².